The molecule has 0 bridgehead atoms. The molecule has 1 amide bonds. The number of rotatable bonds is 4. The van der Waals surface area contributed by atoms with E-state index in [4.69, 9.17) is 5.73 Å². The Labute approximate surface area is 101 Å². The highest BCUT2D eigenvalue weighted by atomic mass is 32.2. The number of hydrogen-bond acceptors (Lipinski definition) is 3. The monoisotopic (exact) mass is 256 g/mol. The molecule has 1 atom stereocenters. The molecule has 94 valence electrons. The minimum atomic E-state index is -3.70. The molecular weight excluding hydrogens is 240 g/mol. The van der Waals surface area contributed by atoms with Crippen molar-refractivity contribution in [2.24, 2.45) is 5.73 Å². The largest absolute Gasteiger partial charge is 0.368 e. The number of carbonyl (C=O) groups is 1. The van der Waals surface area contributed by atoms with Crippen LogP contribution in [0.15, 0.2) is 23.1 Å². The van der Waals surface area contributed by atoms with Gasteiger partial charge < -0.3 is 5.73 Å². The van der Waals surface area contributed by atoms with Gasteiger partial charge in [0.1, 0.15) is 0 Å². The third-order valence-corrected chi connectivity index (χ3v) is 4.08. The molecule has 1 aromatic rings. The Hall–Kier alpha value is -1.40. The summed E-state index contributed by atoms with van der Waals surface area (Å²) in [5, 5.41) is 0. The maximum Gasteiger partial charge on any atom is 0.241 e. The normalized spacial score (nSPS) is 13.4. The lowest BCUT2D eigenvalue weighted by molar-refractivity contribution is -0.119. The van der Waals surface area contributed by atoms with Crippen LogP contribution in [0.25, 0.3) is 0 Å². The van der Waals surface area contributed by atoms with Gasteiger partial charge in [-0.2, -0.15) is 4.72 Å². The first-order chi connectivity index (χ1) is 7.74. The summed E-state index contributed by atoms with van der Waals surface area (Å²) in [7, 11) is -3.70. The van der Waals surface area contributed by atoms with Gasteiger partial charge in [0.15, 0.2) is 0 Å². The molecule has 0 aromatic heterocycles. The van der Waals surface area contributed by atoms with Gasteiger partial charge in [0.05, 0.1) is 10.9 Å². The van der Waals surface area contributed by atoms with Crippen LogP contribution in [0.3, 0.4) is 0 Å². The standard InChI is InChI=1S/C11H16N2O3S/c1-7-4-5-10(8(2)6-7)17(15,16)13-9(3)11(12)14/h4-6,9,13H,1-3H3,(H2,12,14). The topological polar surface area (TPSA) is 89.3 Å². The molecule has 17 heavy (non-hydrogen) atoms. The van der Waals surface area contributed by atoms with E-state index in [1.807, 2.05) is 6.92 Å². The number of aryl methyl sites for hydroxylation is 2. The number of nitrogens with two attached hydrogens (primary N) is 1. The lowest BCUT2D eigenvalue weighted by atomic mass is 10.2. The van der Waals surface area contributed by atoms with E-state index in [0.717, 1.165) is 5.56 Å². The fraction of sp³-hybridized carbons (Fsp3) is 0.364. The summed E-state index contributed by atoms with van der Waals surface area (Å²) in [5.41, 5.74) is 6.63. The van der Waals surface area contributed by atoms with Crippen LogP contribution < -0.4 is 10.5 Å². The van der Waals surface area contributed by atoms with E-state index in [-0.39, 0.29) is 4.90 Å². The zero-order valence-electron chi connectivity index (χ0n) is 10.0. The second-order valence-electron chi connectivity index (χ2n) is 4.01. The number of benzene rings is 1. The van der Waals surface area contributed by atoms with Gasteiger partial charge in [0, 0.05) is 0 Å². The first kappa shape index (κ1) is 13.7. The molecule has 1 unspecified atom stereocenters. The van der Waals surface area contributed by atoms with Crippen LogP contribution in [0.4, 0.5) is 0 Å². The average molecular weight is 256 g/mol. The number of amides is 1. The first-order valence-electron chi connectivity index (χ1n) is 5.13. The van der Waals surface area contributed by atoms with Gasteiger partial charge in [-0.05, 0) is 32.4 Å². The van der Waals surface area contributed by atoms with Gasteiger partial charge in [-0.1, -0.05) is 17.7 Å². The highest BCUT2D eigenvalue weighted by Crippen LogP contribution is 2.16. The fourth-order valence-corrected chi connectivity index (χ4v) is 2.89. The van der Waals surface area contributed by atoms with Crippen molar-refractivity contribution in [3.63, 3.8) is 0 Å². The maximum absolute atomic E-state index is 12.0. The van der Waals surface area contributed by atoms with E-state index in [9.17, 15) is 13.2 Å². The Morgan fingerprint density at radius 3 is 2.41 bits per heavy atom. The number of nitrogens with one attached hydrogen (secondary N) is 1. The summed E-state index contributed by atoms with van der Waals surface area (Å²) in [4.78, 5) is 11.0. The predicted octanol–water partition coefficient (Wildman–Crippen LogP) is 0.456. The van der Waals surface area contributed by atoms with Crippen molar-refractivity contribution in [1.29, 1.82) is 0 Å². The van der Waals surface area contributed by atoms with Crippen LogP contribution in [0, 0.1) is 13.8 Å². The van der Waals surface area contributed by atoms with E-state index in [1.54, 1.807) is 19.1 Å². The smallest absolute Gasteiger partial charge is 0.241 e. The molecule has 5 nitrogen and oxygen atoms in total. The highest BCUT2D eigenvalue weighted by Gasteiger charge is 2.21. The molecule has 0 heterocycles. The lowest BCUT2D eigenvalue weighted by Crippen LogP contribution is -2.42. The predicted molar refractivity (Wildman–Crippen MR) is 64.9 cm³/mol. The van der Waals surface area contributed by atoms with Crippen LogP contribution in [-0.2, 0) is 14.8 Å². The molecule has 0 aliphatic carbocycles. The molecule has 0 saturated carbocycles. The zero-order chi connectivity index (χ0) is 13.2. The Balaban J connectivity index is 3.10. The Bertz CT molecular complexity index is 538. The number of sulfonamides is 1. The van der Waals surface area contributed by atoms with E-state index in [0.29, 0.717) is 5.56 Å². The second kappa shape index (κ2) is 4.85. The van der Waals surface area contributed by atoms with Crippen molar-refractivity contribution in [2.75, 3.05) is 0 Å². The van der Waals surface area contributed by atoms with Gasteiger partial charge in [0.2, 0.25) is 15.9 Å². The van der Waals surface area contributed by atoms with E-state index in [1.165, 1.54) is 13.0 Å². The summed E-state index contributed by atoms with van der Waals surface area (Å²) < 4.78 is 26.2. The number of hydrogen-bond donors (Lipinski definition) is 2. The SMILES string of the molecule is Cc1ccc(S(=O)(=O)NC(C)C(N)=O)c(C)c1. The minimum absolute atomic E-state index is 0.163. The Kier molecular flexibility index (Phi) is 3.90. The summed E-state index contributed by atoms with van der Waals surface area (Å²) in [6, 6.07) is 4.06. The van der Waals surface area contributed by atoms with Crippen LogP contribution in [0.2, 0.25) is 0 Å². The number of carbonyl (C=O) groups excluding carboxylic acids is 1. The van der Waals surface area contributed by atoms with Gasteiger partial charge in [-0.3, -0.25) is 4.79 Å². The first-order valence-corrected chi connectivity index (χ1v) is 6.61. The second-order valence-corrected chi connectivity index (χ2v) is 5.70. The molecule has 1 rings (SSSR count). The van der Waals surface area contributed by atoms with Crippen LogP contribution in [-0.4, -0.2) is 20.4 Å². The molecule has 0 spiro atoms. The molecular formula is C11H16N2O3S. The molecule has 0 saturated heterocycles. The van der Waals surface area contributed by atoms with Crippen molar-refractivity contribution < 1.29 is 13.2 Å². The summed E-state index contributed by atoms with van der Waals surface area (Å²) in [5.74, 6) is -0.710. The molecule has 1 aromatic carbocycles. The van der Waals surface area contributed by atoms with Gasteiger partial charge in [0.25, 0.3) is 0 Å². The van der Waals surface area contributed by atoms with Crippen molar-refractivity contribution in [3.8, 4) is 0 Å². The average Bonchev–Trinajstić information content (AvgIpc) is 2.15. The van der Waals surface area contributed by atoms with Crippen molar-refractivity contribution in [1.82, 2.24) is 4.72 Å². The third-order valence-electron chi connectivity index (χ3n) is 2.38. The van der Waals surface area contributed by atoms with Crippen molar-refractivity contribution >= 4 is 15.9 Å². The summed E-state index contributed by atoms with van der Waals surface area (Å²) >= 11 is 0. The van der Waals surface area contributed by atoms with E-state index in [2.05, 4.69) is 4.72 Å². The van der Waals surface area contributed by atoms with Crippen LogP contribution >= 0.6 is 0 Å². The summed E-state index contributed by atoms with van der Waals surface area (Å²) in [6.07, 6.45) is 0. The van der Waals surface area contributed by atoms with Crippen molar-refractivity contribution in [3.05, 3.63) is 29.3 Å². The van der Waals surface area contributed by atoms with Crippen molar-refractivity contribution in [2.45, 2.75) is 31.7 Å². The van der Waals surface area contributed by atoms with Crippen LogP contribution in [0.5, 0.6) is 0 Å². The lowest BCUT2D eigenvalue weighted by Gasteiger charge is -2.13. The number of primary amides is 1. The van der Waals surface area contributed by atoms with Gasteiger partial charge in [-0.25, -0.2) is 8.42 Å². The molecule has 0 aliphatic rings. The quantitative estimate of drug-likeness (QED) is 0.820. The highest BCUT2D eigenvalue weighted by molar-refractivity contribution is 7.89. The fourth-order valence-electron chi connectivity index (χ4n) is 1.46. The molecule has 0 fully saturated rings. The third kappa shape index (κ3) is 3.28. The van der Waals surface area contributed by atoms with Gasteiger partial charge >= 0.3 is 0 Å². The maximum atomic E-state index is 12.0. The Morgan fingerprint density at radius 2 is 1.94 bits per heavy atom. The van der Waals surface area contributed by atoms with E-state index >= 15 is 0 Å². The zero-order valence-corrected chi connectivity index (χ0v) is 10.8. The molecule has 3 N–H and O–H groups in total. The van der Waals surface area contributed by atoms with Gasteiger partial charge in [-0.15, -0.1) is 0 Å². The molecule has 0 radical (unpaired) electrons. The van der Waals surface area contributed by atoms with Crippen LogP contribution in [0.1, 0.15) is 18.1 Å². The Morgan fingerprint density at radius 1 is 1.35 bits per heavy atom. The summed E-state index contributed by atoms with van der Waals surface area (Å²) in [6.45, 7) is 4.99. The molecule has 6 heteroatoms. The minimum Gasteiger partial charge on any atom is -0.368 e. The van der Waals surface area contributed by atoms with E-state index < -0.39 is 22.0 Å². The molecule has 0 aliphatic heterocycles.